The molecular weight excluding hydrogens is 340 g/mol. The van der Waals surface area contributed by atoms with E-state index in [0.717, 1.165) is 0 Å². The van der Waals surface area contributed by atoms with Gasteiger partial charge in [-0.25, -0.2) is 0 Å². The quantitative estimate of drug-likeness (QED) is 0.259. The highest BCUT2D eigenvalue weighted by molar-refractivity contribution is 4.94. The Morgan fingerprint density at radius 1 is 0.800 bits per heavy atom. The number of hydrogen-bond acceptors (Lipinski definition) is 10. The van der Waals surface area contributed by atoms with Gasteiger partial charge in [-0.3, -0.25) is 0 Å². The third kappa shape index (κ3) is 4.14. The van der Waals surface area contributed by atoms with Crippen molar-refractivity contribution in [3.8, 4) is 0 Å². The van der Waals surface area contributed by atoms with Gasteiger partial charge in [0.15, 0.2) is 12.6 Å². The van der Waals surface area contributed by atoms with Crippen molar-refractivity contribution in [1.29, 1.82) is 0 Å². The van der Waals surface area contributed by atoms with Crippen LogP contribution in [0.2, 0.25) is 0 Å². The minimum Gasteiger partial charge on any atom is -0.394 e. The average molecular weight is 368 g/mol. The molecule has 0 radical (unpaired) electrons. The zero-order chi connectivity index (χ0) is 18.9. The minimum atomic E-state index is -1.70. The van der Waals surface area contributed by atoms with Crippen LogP contribution in [0.5, 0.6) is 0 Å². The molecule has 2 aliphatic rings. The van der Waals surface area contributed by atoms with Gasteiger partial charge in [0.1, 0.15) is 30.5 Å². The molecular formula is C15H28O10. The Kier molecular flexibility index (Phi) is 7.13. The summed E-state index contributed by atoms with van der Waals surface area (Å²) in [7, 11) is 0. The first kappa shape index (κ1) is 20.9. The normalized spacial score (nSPS) is 48.7. The molecule has 10 nitrogen and oxygen atoms in total. The fourth-order valence-corrected chi connectivity index (χ4v) is 3.44. The lowest BCUT2D eigenvalue weighted by atomic mass is 9.81. The predicted octanol–water partition coefficient (Wildman–Crippen LogP) is -3.49. The number of aliphatic hydroxyl groups excluding tert-OH is 7. The summed E-state index contributed by atoms with van der Waals surface area (Å²) in [4.78, 5) is 0. The van der Waals surface area contributed by atoms with Gasteiger partial charge in [0.05, 0.1) is 25.4 Å². The summed E-state index contributed by atoms with van der Waals surface area (Å²) in [5.41, 5.74) is 0. The van der Waals surface area contributed by atoms with Crippen LogP contribution in [0.3, 0.4) is 0 Å². The summed E-state index contributed by atoms with van der Waals surface area (Å²) >= 11 is 0. The van der Waals surface area contributed by atoms with Crippen molar-refractivity contribution in [3.63, 3.8) is 0 Å². The molecule has 148 valence electrons. The van der Waals surface area contributed by atoms with E-state index in [4.69, 9.17) is 14.2 Å². The third-order valence-corrected chi connectivity index (χ3v) is 4.84. The molecule has 0 saturated carbocycles. The minimum absolute atomic E-state index is 0.0893. The van der Waals surface area contributed by atoms with E-state index >= 15 is 0 Å². The van der Waals surface area contributed by atoms with E-state index in [9.17, 15) is 35.7 Å². The summed E-state index contributed by atoms with van der Waals surface area (Å²) in [5, 5.41) is 68.8. The van der Waals surface area contributed by atoms with Crippen LogP contribution in [0, 0.1) is 11.8 Å². The van der Waals surface area contributed by atoms with E-state index in [1.165, 1.54) is 0 Å². The smallest absolute Gasteiger partial charge is 0.187 e. The van der Waals surface area contributed by atoms with Gasteiger partial charge in [-0.05, 0) is 5.92 Å². The highest BCUT2D eigenvalue weighted by atomic mass is 16.7. The maximum atomic E-state index is 10.3. The number of rotatable bonds is 5. The summed E-state index contributed by atoms with van der Waals surface area (Å²) in [5.74, 6) is -0.623. The Morgan fingerprint density at radius 2 is 1.40 bits per heavy atom. The predicted molar refractivity (Wildman–Crippen MR) is 80.9 cm³/mol. The molecule has 0 aromatic heterocycles. The van der Waals surface area contributed by atoms with Crippen LogP contribution in [0.1, 0.15) is 13.8 Å². The molecule has 0 aromatic rings. The van der Waals surface area contributed by atoms with E-state index in [1.54, 1.807) is 0 Å². The van der Waals surface area contributed by atoms with Gasteiger partial charge in [-0.1, -0.05) is 13.8 Å². The SMILES string of the molecule is CC(C)C1C(CO)OC(OC2C(CO)OC(O)C(O)C2O)C(O)C1O. The maximum Gasteiger partial charge on any atom is 0.187 e. The Morgan fingerprint density at radius 3 is 1.92 bits per heavy atom. The largest absolute Gasteiger partial charge is 0.394 e. The molecule has 2 fully saturated rings. The number of aliphatic hydroxyl groups is 7. The summed E-state index contributed by atoms with van der Waals surface area (Å²) in [6.45, 7) is 2.58. The van der Waals surface area contributed by atoms with E-state index in [2.05, 4.69) is 0 Å². The van der Waals surface area contributed by atoms with E-state index < -0.39 is 74.4 Å². The number of hydrogen-bond donors (Lipinski definition) is 7. The van der Waals surface area contributed by atoms with Crippen LogP contribution in [-0.2, 0) is 14.2 Å². The fourth-order valence-electron chi connectivity index (χ4n) is 3.44. The van der Waals surface area contributed by atoms with E-state index in [0.29, 0.717) is 0 Å². The standard InChI is InChI=1S/C15H28O10/c1-5(2)8-6(3-16)24-15(12(21)9(8)18)25-13-7(4-17)23-14(22)11(20)10(13)19/h5-22H,3-4H2,1-2H3. The first-order chi connectivity index (χ1) is 11.7. The van der Waals surface area contributed by atoms with Crippen molar-refractivity contribution < 1.29 is 50.0 Å². The van der Waals surface area contributed by atoms with Gasteiger partial charge in [0.2, 0.25) is 0 Å². The Labute approximate surface area is 145 Å². The second kappa shape index (κ2) is 8.53. The summed E-state index contributed by atoms with van der Waals surface area (Å²) in [6.07, 6.45) is -12.5. The highest BCUT2D eigenvalue weighted by Crippen LogP contribution is 2.34. The van der Waals surface area contributed by atoms with Crippen LogP contribution >= 0.6 is 0 Å². The van der Waals surface area contributed by atoms with Crippen LogP contribution in [0.15, 0.2) is 0 Å². The summed E-state index contributed by atoms with van der Waals surface area (Å²) in [6, 6.07) is 0. The Hall–Kier alpha value is -0.400. The lowest BCUT2D eigenvalue weighted by Crippen LogP contribution is -2.63. The van der Waals surface area contributed by atoms with Crippen molar-refractivity contribution in [2.45, 2.75) is 69.2 Å². The van der Waals surface area contributed by atoms with Crippen LogP contribution in [0.25, 0.3) is 0 Å². The second-order valence-corrected chi connectivity index (χ2v) is 6.86. The molecule has 7 N–H and O–H groups in total. The van der Waals surface area contributed by atoms with Crippen molar-refractivity contribution in [1.82, 2.24) is 0 Å². The van der Waals surface area contributed by atoms with Crippen molar-refractivity contribution in [2.24, 2.45) is 11.8 Å². The molecule has 10 atom stereocenters. The van der Waals surface area contributed by atoms with Gasteiger partial charge in [0, 0.05) is 5.92 Å². The molecule has 0 amide bonds. The van der Waals surface area contributed by atoms with Gasteiger partial charge in [0.25, 0.3) is 0 Å². The molecule has 0 aliphatic carbocycles. The molecule has 0 aromatic carbocycles. The van der Waals surface area contributed by atoms with Crippen molar-refractivity contribution >= 4 is 0 Å². The number of ether oxygens (including phenoxy) is 3. The molecule has 10 unspecified atom stereocenters. The zero-order valence-corrected chi connectivity index (χ0v) is 14.1. The van der Waals surface area contributed by atoms with Gasteiger partial charge < -0.3 is 50.0 Å². The molecule has 25 heavy (non-hydrogen) atoms. The fraction of sp³-hybridized carbons (Fsp3) is 1.00. The molecule has 10 heteroatoms. The lowest BCUT2D eigenvalue weighted by molar-refractivity contribution is -0.353. The third-order valence-electron chi connectivity index (χ3n) is 4.84. The molecule has 2 heterocycles. The molecule has 0 bridgehead atoms. The second-order valence-electron chi connectivity index (χ2n) is 6.86. The first-order valence-electron chi connectivity index (χ1n) is 8.31. The zero-order valence-electron chi connectivity index (χ0n) is 14.1. The Balaban J connectivity index is 2.15. The maximum absolute atomic E-state index is 10.3. The van der Waals surface area contributed by atoms with Gasteiger partial charge in [-0.2, -0.15) is 0 Å². The first-order valence-corrected chi connectivity index (χ1v) is 8.31. The molecule has 2 rings (SSSR count). The van der Waals surface area contributed by atoms with Gasteiger partial charge in [-0.15, -0.1) is 0 Å². The van der Waals surface area contributed by atoms with E-state index in [-0.39, 0.29) is 5.92 Å². The van der Waals surface area contributed by atoms with Crippen LogP contribution in [0.4, 0.5) is 0 Å². The lowest BCUT2D eigenvalue weighted by Gasteiger charge is -2.47. The van der Waals surface area contributed by atoms with Crippen molar-refractivity contribution in [3.05, 3.63) is 0 Å². The monoisotopic (exact) mass is 368 g/mol. The average Bonchev–Trinajstić information content (AvgIpc) is 2.57. The molecule has 2 saturated heterocycles. The highest BCUT2D eigenvalue weighted by Gasteiger charge is 2.50. The molecule has 2 aliphatic heterocycles. The van der Waals surface area contributed by atoms with E-state index in [1.807, 2.05) is 13.8 Å². The van der Waals surface area contributed by atoms with Crippen LogP contribution < -0.4 is 0 Å². The van der Waals surface area contributed by atoms with Crippen LogP contribution in [-0.4, -0.2) is 104 Å². The van der Waals surface area contributed by atoms with Gasteiger partial charge >= 0.3 is 0 Å². The van der Waals surface area contributed by atoms with Crippen molar-refractivity contribution in [2.75, 3.05) is 13.2 Å². The molecule has 0 spiro atoms. The topological polar surface area (TPSA) is 169 Å². The Bertz CT molecular complexity index is 417. The summed E-state index contributed by atoms with van der Waals surface area (Å²) < 4.78 is 16.0.